The molecule has 172 valence electrons. The maximum absolute atomic E-state index is 12.8. The molecule has 0 bridgehead atoms. The van der Waals surface area contributed by atoms with Gasteiger partial charge in [-0.3, -0.25) is 9.59 Å². The summed E-state index contributed by atoms with van der Waals surface area (Å²) in [6, 6.07) is 15.7. The highest BCUT2D eigenvalue weighted by Gasteiger charge is 2.50. The molecule has 2 amide bonds. The van der Waals surface area contributed by atoms with Crippen LogP contribution in [0.1, 0.15) is 30.4 Å². The number of amides is 2. The van der Waals surface area contributed by atoms with Crippen LogP contribution in [0.2, 0.25) is 0 Å². The number of nitrogens with one attached hydrogen (secondary N) is 1. The molecule has 8 heteroatoms. The fraction of sp³-hybridized carbons (Fsp3) is 0.400. The highest BCUT2D eigenvalue weighted by molar-refractivity contribution is 5.87. The molecular weight excluding hydrogens is 424 g/mol. The van der Waals surface area contributed by atoms with Crippen LogP contribution in [-0.4, -0.2) is 66.4 Å². The second-order valence-electron chi connectivity index (χ2n) is 9.22. The average Bonchev–Trinajstić information content (AvgIpc) is 3.37. The highest BCUT2D eigenvalue weighted by atomic mass is 16.6. The number of fused-ring (bicyclic) bond motifs is 3. The second-order valence-corrected chi connectivity index (χ2v) is 9.22. The molecular formula is C25H26N2O6. The molecule has 8 nitrogen and oxygen atoms in total. The molecule has 2 saturated heterocycles. The van der Waals surface area contributed by atoms with E-state index in [1.54, 1.807) is 6.92 Å². The van der Waals surface area contributed by atoms with Gasteiger partial charge in [-0.1, -0.05) is 48.5 Å². The third-order valence-electron chi connectivity index (χ3n) is 6.89. The molecule has 1 aliphatic carbocycles. The van der Waals surface area contributed by atoms with Gasteiger partial charge in [0.2, 0.25) is 0 Å². The molecule has 2 heterocycles. The molecule has 5 rings (SSSR count). The molecule has 0 unspecified atom stereocenters. The smallest absolute Gasteiger partial charge is 0.407 e. The largest absolute Gasteiger partial charge is 0.481 e. The molecule has 2 fully saturated rings. The molecule has 2 atom stereocenters. The Kier molecular flexibility index (Phi) is 5.32. The zero-order valence-electron chi connectivity index (χ0n) is 18.3. The molecule has 2 aliphatic heterocycles. The minimum absolute atomic E-state index is 0.0461. The minimum Gasteiger partial charge on any atom is -0.481 e. The van der Waals surface area contributed by atoms with Crippen LogP contribution in [0, 0.1) is 5.41 Å². The Bertz CT molecular complexity index is 1060. The van der Waals surface area contributed by atoms with E-state index >= 15 is 0 Å². The van der Waals surface area contributed by atoms with Crippen molar-refractivity contribution in [2.45, 2.75) is 31.4 Å². The van der Waals surface area contributed by atoms with Gasteiger partial charge in [0, 0.05) is 25.6 Å². The predicted octanol–water partition coefficient (Wildman–Crippen LogP) is 2.62. The van der Waals surface area contributed by atoms with E-state index in [0.29, 0.717) is 13.0 Å². The molecule has 0 saturated carbocycles. The van der Waals surface area contributed by atoms with Crippen molar-refractivity contribution in [2.75, 3.05) is 26.3 Å². The van der Waals surface area contributed by atoms with E-state index in [9.17, 15) is 19.5 Å². The number of nitrogens with zero attached hydrogens (tertiary/aromatic N) is 1. The van der Waals surface area contributed by atoms with Crippen molar-refractivity contribution in [3.63, 3.8) is 0 Å². The van der Waals surface area contributed by atoms with E-state index in [2.05, 4.69) is 29.6 Å². The van der Waals surface area contributed by atoms with Crippen LogP contribution in [0.3, 0.4) is 0 Å². The standard InChI is InChI=1S/C25H26N2O6/c1-25(23(29)30)13-27(14-25)22(28)21-20(10-11-32-21)26-24(31)33-12-19-17-8-4-2-6-15(17)16-7-3-5-9-18(16)19/h2-9,19-21H,10-14H2,1H3,(H,26,31)(H,29,30)/t20-,21+/m1/s1. The van der Waals surface area contributed by atoms with E-state index in [-0.39, 0.29) is 31.5 Å². The summed E-state index contributed by atoms with van der Waals surface area (Å²) in [5, 5.41) is 12.0. The van der Waals surface area contributed by atoms with Gasteiger partial charge in [0.05, 0.1) is 6.04 Å². The SMILES string of the molecule is CC1(C(=O)O)CN(C(=O)[C@H]2OCC[C@H]2NC(=O)OCC2c3ccccc3-c3ccccc32)C1. The first kappa shape index (κ1) is 21.5. The Morgan fingerprint density at radius 2 is 1.70 bits per heavy atom. The van der Waals surface area contributed by atoms with Gasteiger partial charge in [-0.05, 0) is 35.6 Å². The zero-order valence-corrected chi connectivity index (χ0v) is 18.3. The van der Waals surface area contributed by atoms with E-state index in [0.717, 1.165) is 22.3 Å². The van der Waals surface area contributed by atoms with E-state index < -0.39 is 29.6 Å². The van der Waals surface area contributed by atoms with Gasteiger partial charge in [0.1, 0.15) is 12.0 Å². The van der Waals surface area contributed by atoms with Crippen molar-refractivity contribution in [1.82, 2.24) is 10.2 Å². The molecule has 0 aromatic heterocycles. The van der Waals surface area contributed by atoms with Crippen LogP contribution >= 0.6 is 0 Å². The van der Waals surface area contributed by atoms with Gasteiger partial charge in [0.25, 0.3) is 5.91 Å². The van der Waals surface area contributed by atoms with Gasteiger partial charge in [-0.25, -0.2) is 4.79 Å². The number of alkyl carbamates (subject to hydrolysis) is 1. The third-order valence-corrected chi connectivity index (χ3v) is 6.89. The summed E-state index contributed by atoms with van der Waals surface area (Å²) in [7, 11) is 0. The Hall–Kier alpha value is -3.39. The van der Waals surface area contributed by atoms with Crippen molar-refractivity contribution in [3.05, 3.63) is 59.7 Å². The van der Waals surface area contributed by atoms with Crippen LogP contribution < -0.4 is 5.32 Å². The predicted molar refractivity (Wildman–Crippen MR) is 119 cm³/mol. The summed E-state index contributed by atoms with van der Waals surface area (Å²) in [4.78, 5) is 38.2. The number of carboxylic acid groups (broad SMARTS) is 1. The number of hydrogen-bond acceptors (Lipinski definition) is 5. The number of likely N-dealkylation sites (tertiary alicyclic amines) is 1. The first-order valence-electron chi connectivity index (χ1n) is 11.1. The first-order valence-corrected chi connectivity index (χ1v) is 11.1. The maximum Gasteiger partial charge on any atom is 0.407 e. The van der Waals surface area contributed by atoms with Crippen LogP contribution in [-0.2, 0) is 19.1 Å². The summed E-state index contributed by atoms with van der Waals surface area (Å²) in [6.07, 6.45) is -0.932. The topological polar surface area (TPSA) is 105 Å². The minimum atomic E-state index is -0.927. The number of rotatable bonds is 5. The van der Waals surface area contributed by atoms with Crippen molar-refractivity contribution >= 4 is 18.0 Å². The molecule has 2 aromatic carbocycles. The molecule has 3 aliphatic rings. The molecule has 0 spiro atoms. The Balaban J connectivity index is 1.20. The van der Waals surface area contributed by atoms with Crippen LogP contribution in [0.5, 0.6) is 0 Å². The lowest BCUT2D eigenvalue weighted by Gasteiger charge is -2.45. The highest BCUT2D eigenvalue weighted by Crippen LogP contribution is 2.44. The van der Waals surface area contributed by atoms with E-state index in [1.807, 2.05) is 24.3 Å². The molecule has 2 N–H and O–H groups in total. The fourth-order valence-corrected chi connectivity index (χ4v) is 5.04. The fourth-order valence-electron chi connectivity index (χ4n) is 5.04. The number of hydrogen-bond donors (Lipinski definition) is 2. The summed E-state index contributed by atoms with van der Waals surface area (Å²) >= 11 is 0. The Morgan fingerprint density at radius 1 is 1.09 bits per heavy atom. The van der Waals surface area contributed by atoms with Gasteiger partial charge in [-0.2, -0.15) is 0 Å². The Labute approximate surface area is 191 Å². The van der Waals surface area contributed by atoms with Gasteiger partial charge in [0.15, 0.2) is 6.10 Å². The monoisotopic (exact) mass is 450 g/mol. The van der Waals surface area contributed by atoms with Crippen LogP contribution in [0.15, 0.2) is 48.5 Å². The molecule has 2 aromatic rings. The number of carbonyl (C=O) groups is 3. The second kappa shape index (κ2) is 8.19. The number of benzene rings is 2. The Morgan fingerprint density at radius 3 is 2.30 bits per heavy atom. The van der Waals surface area contributed by atoms with Crippen molar-refractivity contribution in [2.24, 2.45) is 5.41 Å². The van der Waals surface area contributed by atoms with Crippen molar-refractivity contribution < 1.29 is 29.0 Å². The number of aliphatic carboxylic acids is 1. The third kappa shape index (κ3) is 3.74. The van der Waals surface area contributed by atoms with E-state index in [4.69, 9.17) is 9.47 Å². The lowest BCUT2D eigenvalue weighted by Crippen LogP contribution is -2.64. The normalized spacial score (nSPS) is 22.8. The number of carbonyl (C=O) groups excluding carboxylic acids is 2. The maximum atomic E-state index is 12.8. The van der Waals surface area contributed by atoms with Crippen molar-refractivity contribution in [3.8, 4) is 11.1 Å². The van der Waals surface area contributed by atoms with Gasteiger partial charge in [-0.15, -0.1) is 0 Å². The lowest BCUT2D eigenvalue weighted by atomic mass is 9.81. The summed E-state index contributed by atoms with van der Waals surface area (Å²) in [6.45, 7) is 2.42. The first-order chi connectivity index (χ1) is 15.9. The summed E-state index contributed by atoms with van der Waals surface area (Å²) in [5.74, 6) is -1.27. The van der Waals surface area contributed by atoms with Gasteiger partial charge >= 0.3 is 12.1 Å². The molecule has 33 heavy (non-hydrogen) atoms. The lowest BCUT2D eigenvalue weighted by molar-refractivity contribution is -0.168. The van der Waals surface area contributed by atoms with Crippen LogP contribution in [0.25, 0.3) is 11.1 Å². The molecule has 0 radical (unpaired) electrons. The summed E-state index contributed by atoms with van der Waals surface area (Å²) < 4.78 is 11.2. The van der Waals surface area contributed by atoms with E-state index in [1.165, 1.54) is 4.90 Å². The summed E-state index contributed by atoms with van der Waals surface area (Å²) in [5.41, 5.74) is 3.63. The quantitative estimate of drug-likeness (QED) is 0.726. The van der Waals surface area contributed by atoms with Crippen molar-refractivity contribution in [1.29, 1.82) is 0 Å². The van der Waals surface area contributed by atoms with Gasteiger partial charge < -0.3 is 24.8 Å². The number of carboxylic acids is 1. The number of ether oxygens (including phenoxy) is 2. The zero-order chi connectivity index (χ0) is 23.2. The average molecular weight is 450 g/mol. The van der Waals surface area contributed by atoms with Crippen LogP contribution in [0.4, 0.5) is 4.79 Å².